The molecule has 1 N–H and O–H groups in total. The van der Waals surface area contributed by atoms with Gasteiger partial charge in [0.25, 0.3) is 0 Å². The molecule has 1 unspecified atom stereocenters. The largest absolute Gasteiger partial charge is 0.402 e. The van der Waals surface area contributed by atoms with Crippen molar-refractivity contribution in [2.24, 2.45) is 0 Å². The topological polar surface area (TPSA) is 42.7 Å². The van der Waals surface area contributed by atoms with E-state index in [0.29, 0.717) is 18.9 Å². The van der Waals surface area contributed by atoms with Crippen LogP contribution in [0.4, 0.5) is 13.2 Å². The van der Waals surface area contributed by atoms with E-state index in [2.05, 4.69) is 15.5 Å². The molecule has 0 aliphatic carbocycles. The number of alkyl halides is 3. The van der Waals surface area contributed by atoms with Crippen molar-refractivity contribution in [2.45, 2.75) is 44.8 Å². The summed E-state index contributed by atoms with van der Waals surface area (Å²) in [4.78, 5) is 0. The SMILES string of the molecule is CCCn1c(C)nnc1C1(C(F)(F)F)CCNC1. The highest BCUT2D eigenvalue weighted by Crippen LogP contribution is 2.44. The van der Waals surface area contributed by atoms with Crippen molar-refractivity contribution in [1.29, 1.82) is 0 Å². The second-order valence-electron chi connectivity index (χ2n) is 4.73. The first kappa shape index (κ1) is 13.3. The molecule has 1 atom stereocenters. The van der Waals surface area contributed by atoms with Crippen molar-refractivity contribution < 1.29 is 13.2 Å². The van der Waals surface area contributed by atoms with Gasteiger partial charge in [-0.2, -0.15) is 13.2 Å². The average Bonchev–Trinajstić information content (AvgIpc) is 2.87. The van der Waals surface area contributed by atoms with Crippen molar-refractivity contribution in [1.82, 2.24) is 20.1 Å². The van der Waals surface area contributed by atoms with Crippen LogP contribution < -0.4 is 5.32 Å². The second-order valence-corrected chi connectivity index (χ2v) is 4.73. The lowest BCUT2D eigenvalue weighted by Gasteiger charge is -2.30. The van der Waals surface area contributed by atoms with E-state index in [4.69, 9.17) is 0 Å². The van der Waals surface area contributed by atoms with Gasteiger partial charge in [0.05, 0.1) is 0 Å². The highest BCUT2D eigenvalue weighted by molar-refractivity contribution is 5.18. The van der Waals surface area contributed by atoms with E-state index >= 15 is 0 Å². The molecule has 0 aromatic carbocycles. The third-order valence-electron chi connectivity index (χ3n) is 3.51. The molecule has 1 aliphatic rings. The lowest BCUT2D eigenvalue weighted by atomic mass is 9.85. The van der Waals surface area contributed by atoms with Crippen LogP contribution in [0.25, 0.3) is 0 Å². The van der Waals surface area contributed by atoms with Crippen LogP contribution in [0.15, 0.2) is 0 Å². The summed E-state index contributed by atoms with van der Waals surface area (Å²) in [6, 6.07) is 0. The van der Waals surface area contributed by atoms with Gasteiger partial charge in [-0.15, -0.1) is 10.2 Å². The monoisotopic (exact) mass is 262 g/mol. The molecule has 2 rings (SSSR count). The zero-order valence-electron chi connectivity index (χ0n) is 10.5. The van der Waals surface area contributed by atoms with Gasteiger partial charge in [-0.1, -0.05) is 6.92 Å². The Morgan fingerprint density at radius 2 is 2.11 bits per heavy atom. The predicted octanol–water partition coefficient (Wildman–Crippen LogP) is 1.79. The Kier molecular flexibility index (Phi) is 3.35. The van der Waals surface area contributed by atoms with Crippen molar-refractivity contribution in [3.63, 3.8) is 0 Å². The van der Waals surface area contributed by atoms with Gasteiger partial charge in [0.15, 0.2) is 0 Å². The lowest BCUT2D eigenvalue weighted by Crippen LogP contribution is -2.46. The maximum absolute atomic E-state index is 13.4. The van der Waals surface area contributed by atoms with Crippen LogP contribution in [0.3, 0.4) is 0 Å². The zero-order valence-corrected chi connectivity index (χ0v) is 10.5. The standard InChI is InChI=1S/C11H17F3N4/c1-3-6-18-8(2)16-17-9(18)10(11(12,13)14)4-5-15-7-10/h15H,3-7H2,1-2H3. The second kappa shape index (κ2) is 4.53. The molecule has 1 aromatic rings. The maximum Gasteiger partial charge on any atom is 0.402 e. The van der Waals surface area contributed by atoms with Crippen LogP contribution in [0, 0.1) is 6.92 Å². The fraction of sp³-hybridized carbons (Fsp3) is 0.818. The Bertz CT molecular complexity index is 418. The fourth-order valence-corrected chi connectivity index (χ4v) is 2.48. The predicted molar refractivity (Wildman–Crippen MR) is 60.3 cm³/mol. The van der Waals surface area contributed by atoms with Crippen LogP contribution >= 0.6 is 0 Å². The van der Waals surface area contributed by atoms with Crippen molar-refractivity contribution in [3.8, 4) is 0 Å². The molecule has 18 heavy (non-hydrogen) atoms. The third-order valence-corrected chi connectivity index (χ3v) is 3.51. The van der Waals surface area contributed by atoms with Crippen LogP contribution in [0.5, 0.6) is 0 Å². The van der Waals surface area contributed by atoms with Crippen LogP contribution in [0.2, 0.25) is 0 Å². The molecule has 7 heteroatoms. The average molecular weight is 262 g/mol. The van der Waals surface area contributed by atoms with Crippen molar-refractivity contribution >= 4 is 0 Å². The number of halogens is 3. The summed E-state index contributed by atoms with van der Waals surface area (Å²) in [5.74, 6) is 0.599. The normalized spacial score (nSPS) is 24.7. The highest BCUT2D eigenvalue weighted by Gasteiger charge is 2.60. The molecule has 1 aromatic heterocycles. The smallest absolute Gasteiger partial charge is 0.315 e. The molecule has 0 bridgehead atoms. The summed E-state index contributed by atoms with van der Waals surface area (Å²) < 4.78 is 41.8. The number of hydrogen-bond acceptors (Lipinski definition) is 3. The number of aromatic nitrogens is 3. The molecule has 1 fully saturated rings. The van der Waals surface area contributed by atoms with Crippen LogP contribution in [0.1, 0.15) is 31.4 Å². The Morgan fingerprint density at radius 1 is 1.39 bits per heavy atom. The lowest BCUT2D eigenvalue weighted by molar-refractivity contribution is -0.188. The summed E-state index contributed by atoms with van der Waals surface area (Å²) in [5, 5.41) is 10.4. The maximum atomic E-state index is 13.4. The molecule has 102 valence electrons. The summed E-state index contributed by atoms with van der Waals surface area (Å²) >= 11 is 0. The summed E-state index contributed by atoms with van der Waals surface area (Å²) in [6.45, 7) is 4.39. The quantitative estimate of drug-likeness (QED) is 0.903. The van der Waals surface area contributed by atoms with E-state index in [1.807, 2.05) is 6.92 Å². The van der Waals surface area contributed by atoms with E-state index in [-0.39, 0.29) is 18.8 Å². The van der Waals surface area contributed by atoms with Crippen molar-refractivity contribution in [3.05, 3.63) is 11.6 Å². The van der Waals surface area contributed by atoms with E-state index in [0.717, 1.165) is 6.42 Å². The number of nitrogens with zero attached hydrogens (tertiary/aromatic N) is 3. The van der Waals surface area contributed by atoms with Gasteiger partial charge < -0.3 is 9.88 Å². The van der Waals surface area contributed by atoms with Crippen LogP contribution in [-0.4, -0.2) is 34.0 Å². The number of rotatable bonds is 3. The minimum absolute atomic E-state index is 0.0261. The first-order chi connectivity index (χ1) is 8.42. The molecule has 0 saturated carbocycles. The van der Waals surface area contributed by atoms with Gasteiger partial charge in [-0.05, 0) is 26.3 Å². The number of hydrogen-bond donors (Lipinski definition) is 1. The summed E-state index contributed by atoms with van der Waals surface area (Å²) in [5.41, 5.74) is -1.89. The first-order valence-corrected chi connectivity index (χ1v) is 6.10. The van der Waals surface area contributed by atoms with Gasteiger partial charge in [-0.25, -0.2) is 0 Å². The molecule has 1 saturated heterocycles. The zero-order chi connectivity index (χ0) is 13.4. The molecule has 0 radical (unpaired) electrons. The van der Waals surface area contributed by atoms with Crippen LogP contribution in [-0.2, 0) is 12.0 Å². The Hall–Kier alpha value is -1.11. The minimum atomic E-state index is -4.30. The highest BCUT2D eigenvalue weighted by atomic mass is 19.4. The Labute approximate surface area is 104 Å². The molecular weight excluding hydrogens is 245 g/mol. The van der Waals surface area contributed by atoms with Gasteiger partial charge >= 0.3 is 6.18 Å². The minimum Gasteiger partial charge on any atom is -0.315 e. The number of nitrogens with one attached hydrogen (secondary N) is 1. The fourth-order valence-electron chi connectivity index (χ4n) is 2.48. The molecule has 4 nitrogen and oxygen atoms in total. The van der Waals surface area contributed by atoms with E-state index < -0.39 is 11.6 Å². The van der Waals surface area contributed by atoms with Crippen molar-refractivity contribution in [2.75, 3.05) is 13.1 Å². The van der Waals surface area contributed by atoms with E-state index in [1.54, 1.807) is 11.5 Å². The van der Waals surface area contributed by atoms with Gasteiger partial charge in [0.2, 0.25) is 0 Å². The Balaban J connectivity index is 2.50. The third kappa shape index (κ3) is 1.90. The van der Waals surface area contributed by atoms with E-state index in [9.17, 15) is 13.2 Å². The van der Waals surface area contributed by atoms with Gasteiger partial charge in [0.1, 0.15) is 17.1 Å². The Morgan fingerprint density at radius 3 is 2.61 bits per heavy atom. The number of aryl methyl sites for hydroxylation is 1. The van der Waals surface area contributed by atoms with Gasteiger partial charge in [0, 0.05) is 13.1 Å². The molecule has 0 amide bonds. The molecule has 2 heterocycles. The van der Waals surface area contributed by atoms with Gasteiger partial charge in [-0.3, -0.25) is 0 Å². The summed E-state index contributed by atoms with van der Waals surface area (Å²) in [6.07, 6.45) is -3.52. The molecule has 1 aliphatic heterocycles. The van der Waals surface area contributed by atoms with E-state index in [1.165, 1.54) is 0 Å². The molecular formula is C11H17F3N4. The first-order valence-electron chi connectivity index (χ1n) is 6.10. The molecule has 0 spiro atoms. The summed E-state index contributed by atoms with van der Waals surface area (Å²) in [7, 11) is 0.